The molecule has 5 heteroatoms. The smallest absolute Gasteiger partial charge is 0.254 e. The van der Waals surface area contributed by atoms with Crippen molar-refractivity contribution in [2.24, 2.45) is 11.7 Å². The lowest BCUT2D eigenvalue weighted by Gasteiger charge is -2.23. The maximum absolute atomic E-state index is 12.7. The molecule has 2 saturated heterocycles. The lowest BCUT2D eigenvalue weighted by atomic mass is 10.1. The van der Waals surface area contributed by atoms with Crippen molar-refractivity contribution in [1.29, 1.82) is 0 Å². The second-order valence-corrected chi connectivity index (χ2v) is 6.34. The van der Waals surface area contributed by atoms with Crippen molar-refractivity contribution in [1.82, 2.24) is 4.90 Å². The number of hydrogen-bond donors (Lipinski definition) is 1. The minimum Gasteiger partial charge on any atom is -0.336 e. The third-order valence-electron chi connectivity index (χ3n) is 4.73. The molecule has 2 unspecified atom stereocenters. The van der Waals surface area contributed by atoms with E-state index >= 15 is 0 Å². The molecule has 0 aromatic heterocycles. The fourth-order valence-electron chi connectivity index (χ4n) is 3.49. The highest BCUT2D eigenvalue weighted by Gasteiger charge is 2.32. The van der Waals surface area contributed by atoms with Gasteiger partial charge in [0.05, 0.1) is 0 Å². The molecule has 2 heterocycles. The Balaban J connectivity index is 1.80. The Bertz CT molecular complexity index is 587. The van der Waals surface area contributed by atoms with Crippen LogP contribution in [-0.2, 0) is 4.79 Å². The number of carbonyl (C=O) groups excluding carboxylic acids is 2. The van der Waals surface area contributed by atoms with Crippen molar-refractivity contribution >= 4 is 17.5 Å². The van der Waals surface area contributed by atoms with Crippen LogP contribution < -0.4 is 10.6 Å². The van der Waals surface area contributed by atoms with Crippen LogP contribution in [0.1, 0.15) is 36.5 Å². The van der Waals surface area contributed by atoms with Crippen LogP contribution in [0.5, 0.6) is 0 Å². The van der Waals surface area contributed by atoms with E-state index in [4.69, 9.17) is 5.73 Å². The highest BCUT2D eigenvalue weighted by molar-refractivity contribution is 5.99. The van der Waals surface area contributed by atoms with Crippen LogP contribution >= 0.6 is 0 Å². The third kappa shape index (κ3) is 2.73. The summed E-state index contributed by atoms with van der Waals surface area (Å²) in [6.45, 7) is 4.16. The summed E-state index contributed by atoms with van der Waals surface area (Å²) in [6.07, 6.45) is 2.45. The van der Waals surface area contributed by atoms with Gasteiger partial charge in [0.2, 0.25) is 5.91 Å². The van der Waals surface area contributed by atoms with Crippen molar-refractivity contribution in [2.75, 3.05) is 24.5 Å². The van der Waals surface area contributed by atoms with Crippen molar-refractivity contribution in [3.05, 3.63) is 29.8 Å². The Hall–Kier alpha value is -1.88. The van der Waals surface area contributed by atoms with Crippen molar-refractivity contribution in [2.45, 2.75) is 32.2 Å². The molecule has 0 radical (unpaired) electrons. The van der Waals surface area contributed by atoms with Crippen molar-refractivity contribution < 1.29 is 9.59 Å². The van der Waals surface area contributed by atoms with E-state index in [1.807, 2.05) is 29.2 Å². The zero-order valence-electron chi connectivity index (χ0n) is 13.0. The number of benzene rings is 1. The van der Waals surface area contributed by atoms with Crippen LogP contribution in [0.25, 0.3) is 0 Å². The van der Waals surface area contributed by atoms with Crippen molar-refractivity contribution in [3.8, 4) is 0 Å². The maximum Gasteiger partial charge on any atom is 0.254 e. The fourth-order valence-corrected chi connectivity index (χ4v) is 3.49. The van der Waals surface area contributed by atoms with Crippen LogP contribution in [-0.4, -0.2) is 42.4 Å². The zero-order valence-corrected chi connectivity index (χ0v) is 13.0. The number of nitrogens with zero attached hydrogens (tertiary/aromatic N) is 2. The Morgan fingerprint density at radius 3 is 2.86 bits per heavy atom. The summed E-state index contributed by atoms with van der Waals surface area (Å²) in [5.74, 6) is 0.571. The average Bonchev–Trinajstić information content (AvgIpc) is 3.12. The highest BCUT2D eigenvalue weighted by atomic mass is 16.2. The Morgan fingerprint density at radius 2 is 2.23 bits per heavy atom. The number of likely N-dealkylation sites (tertiary alicyclic amines) is 1. The fraction of sp³-hybridized carbons (Fsp3) is 0.529. The first kappa shape index (κ1) is 15.0. The van der Waals surface area contributed by atoms with Gasteiger partial charge < -0.3 is 15.5 Å². The lowest BCUT2D eigenvalue weighted by Crippen LogP contribution is -2.34. The van der Waals surface area contributed by atoms with E-state index in [1.54, 1.807) is 4.90 Å². The molecule has 2 N–H and O–H groups in total. The first-order valence-corrected chi connectivity index (χ1v) is 8.01. The lowest BCUT2D eigenvalue weighted by molar-refractivity contribution is -0.117. The third-order valence-corrected chi connectivity index (χ3v) is 4.73. The summed E-state index contributed by atoms with van der Waals surface area (Å²) < 4.78 is 0. The average molecular weight is 301 g/mol. The van der Waals surface area contributed by atoms with E-state index in [2.05, 4.69) is 6.92 Å². The monoisotopic (exact) mass is 301 g/mol. The first-order valence-electron chi connectivity index (χ1n) is 8.01. The molecule has 2 fully saturated rings. The molecule has 1 aromatic carbocycles. The van der Waals surface area contributed by atoms with Gasteiger partial charge in [-0.15, -0.1) is 0 Å². The summed E-state index contributed by atoms with van der Waals surface area (Å²) in [6, 6.07) is 7.65. The van der Waals surface area contributed by atoms with Crippen molar-refractivity contribution in [3.63, 3.8) is 0 Å². The van der Waals surface area contributed by atoms with E-state index in [0.29, 0.717) is 24.4 Å². The molecule has 2 amide bonds. The number of nitrogens with two attached hydrogens (primary N) is 1. The van der Waals surface area contributed by atoms with Gasteiger partial charge in [-0.1, -0.05) is 6.07 Å². The van der Waals surface area contributed by atoms with Gasteiger partial charge in [0.1, 0.15) is 0 Å². The number of rotatable bonds is 3. The zero-order chi connectivity index (χ0) is 15.7. The number of anilines is 1. The van der Waals surface area contributed by atoms with Gasteiger partial charge in [-0.25, -0.2) is 0 Å². The number of amides is 2. The second-order valence-electron chi connectivity index (χ2n) is 6.34. The number of carbonyl (C=O) groups is 2. The quantitative estimate of drug-likeness (QED) is 0.922. The van der Waals surface area contributed by atoms with Gasteiger partial charge in [0.15, 0.2) is 0 Å². The SMILES string of the molecule is CC1CC(CN)CN1C(=O)c1cccc(N2CCCC2=O)c1. The van der Waals surface area contributed by atoms with E-state index < -0.39 is 0 Å². The molecule has 118 valence electrons. The van der Waals surface area contributed by atoms with Gasteiger partial charge in [0, 0.05) is 36.8 Å². The highest BCUT2D eigenvalue weighted by Crippen LogP contribution is 2.26. The minimum atomic E-state index is 0.0388. The molecule has 0 bridgehead atoms. The predicted molar refractivity (Wildman–Crippen MR) is 85.7 cm³/mol. The molecule has 0 saturated carbocycles. The molecule has 1 aromatic rings. The van der Waals surface area contributed by atoms with Gasteiger partial charge in [-0.2, -0.15) is 0 Å². The van der Waals surface area contributed by atoms with E-state index in [9.17, 15) is 9.59 Å². The largest absolute Gasteiger partial charge is 0.336 e. The van der Waals surface area contributed by atoms with Crippen LogP contribution in [0.3, 0.4) is 0 Å². The minimum absolute atomic E-state index is 0.0388. The molecule has 5 nitrogen and oxygen atoms in total. The van der Waals surface area contributed by atoms with E-state index in [-0.39, 0.29) is 17.9 Å². The van der Waals surface area contributed by atoms with Crippen LogP contribution in [0.15, 0.2) is 24.3 Å². The van der Waals surface area contributed by atoms with Gasteiger partial charge in [-0.05, 0) is 50.4 Å². The van der Waals surface area contributed by atoms with Gasteiger partial charge >= 0.3 is 0 Å². The Labute approximate surface area is 131 Å². The number of hydrogen-bond acceptors (Lipinski definition) is 3. The molecule has 2 atom stereocenters. The predicted octanol–water partition coefficient (Wildman–Crippen LogP) is 1.62. The standard InChI is InChI=1S/C17H23N3O2/c1-12-8-13(10-18)11-20(12)17(22)14-4-2-5-15(9-14)19-7-3-6-16(19)21/h2,4-5,9,12-13H,3,6-8,10-11,18H2,1H3. The molecular formula is C17H23N3O2. The van der Waals surface area contributed by atoms with Crippen LogP contribution in [0.4, 0.5) is 5.69 Å². The van der Waals surface area contributed by atoms with Gasteiger partial charge in [0.25, 0.3) is 5.91 Å². The van der Waals surface area contributed by atoms with E-state index in [0.717, 1.165) is 31.6 Å². The summed E-state index contributed by atoms with van der Waals surface area (Å²) in [7, 11) is 0. The maximum atomic E-state index is 12.7. The Kier molecular flexibility index (Phi) is 4.16. The Morgan fingerprint density at radius 1 is 1.41 bits per heavy atom. The molecule has 3 rings (SSSR count). The molecule has 0 spiro atoms. The first-order chi connectivity index (χ1) is 10.6. The van der Waals surface area contributed by atoms with Crippen LogP contribution in [0.2, 0.25) is 0 Å². The molecule has 0 aliphatic carbocycles. The van der Waals surface area contributed by atoms with Crippen LogP contribution in [0, 0.1) is 5.92 Å². The second kappa shape index (κ2) is 6.08. The summed E-state index contributed by atoms with van der Waals surface area (Å²) in [5, 5.41) is 0. The van der Waals surface area contributed by atoms with Gasteiger partial charge in [-0.3, -0.25) is 9.59 Å². The molecule has 22 heavy (non-hydrogen) atoms. The topological polar surface area (TPSA) is 66.6 Å². The van der Waals surface area contributed by atoms with E-state index in [1.165, 1.54) is 0 Å². The summed E-state index contributed by atoms with van der Waals surface area (Å²) >= 11 is 0. The molecule has 2 aliphatic rings. The summed E-state index contributed by atoms with van der Waals surface area (Å²) in [4.78, 5) is 28.3. The molecule has 2 aliphatic heterocycles. The molecular weight excluding hydrogens is 278 g/mol. The normalized spacial score (nSPS) is 25.1. The summed E-state index contributed by atoms with van der Waals surface area (Å²) in [5.41, 5.74) is 7.22.